The number of hydrogen-bond acceptors (Lipinski definition) is 4. The van der Waals surface area contributed by atoms with Crippen LogP contribution in [-0.2, 0) is 19.4 Å². The Hall–Kier alpha value is -1.93. The molecule has 0 aromatic carbocycles. The number of carbonyl (C=O) groups is 1. The number of nitrogens with zero attached hydrogens (tertiary/aromatic N) is 3. The number of nitriles is 1. The molecule has 3 rings (SSSR count). The molecule has 0 radical (unpaired) electrons. The third kappa shape index (κ3) is 2.20. The van der Waals surface area contributed by atoms with E-state index < -0.39 is 0 Å². The summed E-state index contributed by atoms with van der Waals surface area (Å²) >= 11 is 1.68. The maximum Gasteiger partial charge on any atom is 0.167 e. The first-order chi connectivity index (χ1) is 9.29. The van der Waals surface area contributed by atoms with Crippen LogP contribution in [-0.4, -0.2) is 15.6 Å². The Morgan fingerprint density at radius 3 is 3.11 bits per heavy atom. The van der Waals surface area contributed by atoms with E-state index in [0.717, 1.165) is 23.4 Å². The Morgan fingerprint density at radius 2 is 2.37 bits per heavy atom. The minimum atomic E-state index is 0.199. The number of hydrogen-bond donors (Lipinski definition) is 0. The van der Waals surface area contributed by atoms with Gasteiger partial charge in [0, 0.05) is 23.4 Å². The zero-order valence-corrected chi connectivity index (χ0v) is 11.2. The highest BCUT2D eigenvalue weighted by atomic mass is 32.1. The van der Waals surface area contributed by atoms with Crippen LogP contribution in [0.1, 0.15) is 39.5 Å². The van der Waals surface area contributed by atoms with Crippen molar-refractivity contribution in [2.75, 3.05) is 0 Å². The van der Waals surface area contributed by atoms with E-state index in [1.54, 1.807) is 11.3 Å². The summed E-state index contributed by atoms with van der Waals surface area (Å²) in [5, 5.41) is 15.3. The lowest BCUT2D eigenvalue weighted by molar-refractivity contribution is 0.0993. The molecule has 0 bridgehead atoms. The molecule has 96 valence electrons. The van der Waals surface area contributed by atoms with Crippen LogP contribution in [0, 0.1) is 11.3 Å². The molecule has 0 amide bonds. The third-order valence-electron chi connectivity index (χ3n) is 3.36. The highest BCUT2D eigenvalue weighted by Gasteiger charge is 2.28. The van der Waals surface area contributed by atoms with Gasteiger partial charge in [0.15, 0.2) is 5.78 Å². The van der Waals surface area contributed by atoms with Gasteiger partial charge in [0.2, 0.25) is 0 Å². The van der Waals surface area contributed by atoms with Crippen molar-refractivity contribution in [3.63, 3.8) is 0 Å². The first-order valence-electron chi connectivity index (χ1n) is 6.30. The highest BCUT2D eigenvalue weighted by Crippen LogP contribution is 2.28. The monoisotopic (exact) mass is 271 g/mol. The van der Waals surface area contributed by atoms with E-state index in [2.05, 4.69) is 17.2 Å². The second-order valence-electron chi connectivity index (χ2n) is 4.58. The average Bonchev–Trinajstić information content (AvgIpc) is 3.08. The molecule has 0 atom stereocenters. The van der Waals surface area contributed by atoms with Crippen LogP contribution in [0.2, 0.25) is 0 Å². The van der Waals surface area contributed by atoms with Gasteiger partial charge in [-0.05, 0) is 17.9 Å². The number of carbonyl (C=O) groups excluding carboxylic acids is 1. The summed E-state index contributed by atoms with van der Waals surface area (Å²) in [6.45, 7) is 0.580. The summed E-state index contributed by atoms with van der Waals surface area (Å²) in [6, 6.07) is 6.20. The summed E-state index contributed by atoms with van der Waals surface area (Å²) in [4.78, 5) is 13.2. The van der Waals surface area contributed by atoms with Crippen molar-refractivity contribution in [1.29, 1.82) is 5.26 Å². The van der Waals surface area contributed by atoms with E-state index in [9.17, 15) is 4.79 Å². The van der Waals surface area contributed by atoms with Crippen molar-refractivity contribution < 1.29 is 4.79 Å². The van der Waals surface area contributed by atoms with Crippen molar-refractivity contribution in [3.8, 4) is 6.07 Å². The molecule has 0 aliphatic heterocycles. The van der Waals surface area contributed by atoms with Crippen LogP contribution in [0.25, 0.3) is 0 Å². The maximum atomic E-state index is 12.0. The number of ketones is 1. The van der Waals surface area contributed by atoms with Crippen molar-refractivity contribution in [1.82, 2.24) is 9.78 Å². The molecule has 2 heterocycles. The second kappa shape index (κ2) is 4.98. The molecule has 1 aliphatic carbocycles. The Balaban J connectivity index is 1.95. The zero-order chi connectivity index (χ0) is 13.2. The first-order valence-corrected chi connectivity index (χ1v) is 7.18. The molecule has 0 saturated heterocycles. The molecule has 0 saturated carbocycles. The smallest absolute Gasteiger partial charge is 0.167 e. The molecule has 2 aromatic rings. The van der Waals surface area contributed by atoms with Crippen LogP contribution < -0.4 is 0 Å². The predicted octanol–water partition coefficient (Wildman–Crippen LogP) is 2.58. The largest absolute Gasteiger partial charge is 0.294 e. The van der Waals surface area contributed by atoms with E-state index in [-0.39, 0.29) is 5.78 Å². The fraction of sp³-hybridized carbons (Fsp3) is 0.357. The summed E-state index contributed by atoms with van der Waals surface area (Å²) < 4.78 is 1.85. The van der Waals surface area contributed by atoms with Crippen LogP contribution in [0.15, 0.2) is 17.5 Å². The van der Waals surface area contributed by atoms with Crippen molar-refractivity contribution >= 4 is 17.1 Å². The van der Waals surface area contributed by atoms with E-state index >= 15 is 0 Å². The Bertz CT molecular complexity index is 649. The number of fused-ring (bicyclic) bond motifs is 1. The van der Waals surface area contributed by atoms with Gasteiger partial charge in [-0.3, -0.25) is 9.48 Å². The fourth-order valence-corrected chi connectivity index (χ4v) is 3.24. The van der Waals surface area contributed by atoms with Crippen LogP contribution in [0.5, 0.6) is 0 Å². The van der Waals surface area contributed by atoms with Gasteiger partial charge in [0.1, 0.15) is 0 Å². The lowest BCUT2D eigenvalue weighted by atomic mass is 10.1. The summed E-state index contributed by atoms with van der Waals surface area (Å²) in [5.74, 6) is 0.199. The van der Waals surface area contributed by atoms with Gasteiger partial charge in [-0.2, -0.15) is 10.4 Å². The molecule has 19 heavy (non-hydrogen) atoms. The van der Waals surface area contributed by atoms with Crippen molar-refractivity contribution in [3.05, 3.63) is 39.3 Å². The Morgan fingerprint density at radius 1 is 1.47 bits per heavy atom. The molecule has 0 spiro atoms. The minimum Gasteiger partial charge on any atom is -0.294 e. The minimum absolute atomic E-state index is 0.199. The van der Waals surface area contributed by atoms with E-state index in [1.165, 1.54) is 4.88 Å². The lowest BCUT2D eigenvalue weighted by Crippen LogP contribution is -2.04. The molecule has 0 unspecified atom stereocenters. The van der Waals surface area contributed by atoms with Crippen LogP contribution in [0.4, 0.5) is 0 Å². The standard InChI is InChI=1S/C14H13N3OS/c15-6-2-7-17-12-4-5-13(18)14(12)11(16-17)9-10-3-1-8-19-10/h1,3,8H,2,4-5,7,9H2. The van der Waals surface area contributed by atoms with Gasteiger partial charge in [-0.15, -0.1) is 11.3 Å². The molecule has 1 aliphatic rings. The summed E-state index contributed by atoms with van der Waals surface area (Å²) in [6.07, 6.45) is 2.49. The topological polar surface area (TPSA) is 58.7 Å². The van der Waals surface area contributed by atoms with E-state index in [1.807, 2.05) is 16.1 Å². The van der Waals surface area contributed by atoms with Gasteiger partial charge in [-0.25, -0.2) is 0 Å². The summed E-state index contributed by atoms with van der Waals surface area (Å²) in [7, 11) is 0. The molecular weight excluding hydrogens is 258 g/mol. The number of rotatable bonds is 4. The van der Waals surface area contributed by atoms with Gasteiger partial charge >= 0.3 is 0 Å². The quantitative estimate of drug-likeness (QED) is 0.858. The second-order valence-corrected chi connectivity index (χ2v) is 5.61. The Labute approximate surface area is 115 Å². The molecule has 0 fully saturated rings. The molecule has 5 heteroatoms. The fourth-order valence-electron chi connectivity index (χ4n) is 2.53. The number of aromatic nitrogens is 2. The van der Waals surface area contributed by atoms with Crippen LogP contribution in [0.3, 0.4) is 0 Å². The SMILES string of the molecule is N#CCCn1nc(Cc2cccs2)c2c1CCC2=O. The van der Waals surface area contributed by atoms with E-state index in [0.29, 0.717) is 25.8 Å². The number of aryl methyl sites for hydroxylation is 1. The van der Waals surface area contributed by atoms with Crippen molar-refractivity contribution in [2.24, 2.45) is 0 Å². The summed E-state index contributed by atoms with van der Waals surface area (Å²) in [5.41, 5.74) is 2.70. The lowest BCUT2D eigenvalue weighted by Gasteiger charge is -2.00. The van der Waals surface area contributed by atoms with E-state index in [4.69, 9.17) is 5.26 Å². The maximum absolute atomic E-state index is 12.0. The first kappa shape index (κ1) is 12.1. The van der Waals surface area contributed by atoms with Crippen LogP contribution >= 0.6 is 11.3 Å². The Kier molecular flexibility index (Phi) is 3.18. The predicted molar refractivity (Wildman–Crippen MR) is 72.2 cm³/mol. The average molecular weight is 271 g/mol. The molecular formula is C14H13N3OS. The number of thiophene rings is 1. The van der Waals surface area contributed by atoms with Gasteiger partial charge in [0.25, 0.3) is 0 Å². The third-order valence-corrected chi connectivity index (χ3v) is 4.23. The highest BCUT2D eigenvalue weighted by molar-refractivity contribution is 7.09. The number of Topliss-reactive ketones (excluding diaryl/α,β-unsaturated/α-hetero) is 1. The van der Waals surface area contributed by atoms with Gasteiger partial charge < -0.3 is 0 Å². The molecule has 4 nitrogen and oxygen atoms in total. The molecule has 0 N–H and O–H groups in total. The van der Waals surface area contributed by atoms with Gasteiger partial charge in [0.05, 0.1) is 30.3 Å². The zero-order valence-electron chi connectivity index (χ0n) is 10.4. The molecule has 2 aromatic heterocycles. The van der Waals surface area contributed by atoms with Crippen molar-refractivity contribution in [2.45, 2.75) is 32.2 Å². The normalized spacial score (nSPS) is 13.5. The van der Waals surface area contributed by atoms with Gasteiger partial charge in [-0.1, -0.05) is 6.07 Å².